The van der Waals surface area contributed by atoms with Crippen LogP contribution < -0.4 is 14.4 Å². The fourth-order valence-electron chi connectivity index (χ4n) is 2.76. The average Bonchev–Trinajstić information content (AvgIpc) is 3.16. The van der Waals surface area contributed by atoms with E-state index in [2.05, 4.69) is 10.2 Å². The van der Waals surface area contributed by atoms with Crippen LogP contribution in [0.25, 0.3) is 0 Å². The molecule has 0 bridgehead atoms. The number of ether oxygens (including phenoxy) is 2. The molecule has 2 heterocycles. The smallest absolute Gasteiger partial charge is 0.318 e. The first-order chi connectivity index (χ1) is 12.5. The van der Waals surface area contributed by atoms with Crippen LogP contribution in [0, 0.1) is 0 Å². The maximum absolute atomic E-state index is 12.9. The molecule has 0 unspecified atom stereocenters. The zero-order valence-corrected chi connectivity index (χ0v) is 15.8. The van der Waals surface area contributed by atoms with Crippen molar-refractivity contribution in [2.45, 2.75) is 18.2 Å². The predicted octanol–water partition coefficient (Wildman–Crippen LogP) is 1.16. The summed E-state index contributed by atoms with van der Waals surface area (Å²) in [5.41, 5.74) is 0. The average molecular weight is 382 g/mol. The summed E-state index contributed by atoms with van der Waals surface area (Å²) in [6, 6.07) is 5.03. The van der Waals surface area contributed by atoms with Crippen molar-refractivity contribution in [2.24, 2.45) is 0 Å². The molecule has 1 aromatic carbocycles. The van der Waals surface area contributed by atoms with Crippen LogP contribution in [0.3, 0.4) is 0 Å². The number of rotatable bonds is 6. The standard InChI is InChI=1S/C16H22N4O5S/c1-4-15-17-18-16(25-15)19-7-9-20(10-8-19)26(21,22)12-5-6-13(23-2)14(11-12)24-3/h5-6,11H,4,7-10H2,1-3H3. The fraction of sp³-hybridized carbons (Fsp3) is 0.500. The molecule has 0 aliphatic carbocycles. The van der Waals surface area contributed by atoms with Crippen molar-refractivity contribution >= 4 is 16.0 Å². The minimum atomic E-state index is -3.62. The lowest BCUT2D eigenvalue weighted by molar-refractivity contribution is 0.352. The zero-order chi connectivity index (χ0) is 18.7. The van der Waals surface area contributed by atoms with Crippen LogP contribution in [0.15, 0.2) is 27.5 Å². The van der Waals surface area contributed by atoms with E-state index in [1.54, 1.807) is 6.07 Å². The Kier molecular flexibility index (Phi) is 5.33. The number of methoxy groups -OCH3 is 2. The van der Waals surface area contributed by atoms with Crippen LogP contribution in [0.5, 0.6) is 11.5 Å². The second-order valence-corrected chi connectivity index (χ2v) is 7.68. The molecule has 10 heteroatoms. The van der Waals surface area contributed by atoms with E-state index in [4.69, 9.17) is 13.9 Å². The van der Waals surface area contributed by atoms with Gasteiger partial charge in [-0.3, -0.25) is 0 Å². The molecule has 1 aliphatic rings. The Morgan fingerprint density at radius 3 is 2.35 bits per heavy atom. The lowest BCUT2D eigenvalue weighted by atomic mass is 10.3. The fourth-order valence-corrected chi connectivity index (χ4v) is 4.20. The second kappa shape index (κ2) is 7.50. The SMILES string of the molecule is CCc1nnc(N2CCN(S(=O)(=O)c3ccc(OC)c(OC)c3)CC2)o1. The maximum Gasteiger partial charge on any atom is 0.318 e. The van der Waals surface area contributed by atoms with Gasteiger partial charge in [-0.1, -0.05) is 12.0 Å². The van der Waals surface area contributed by atoms with E-state index in [9.17, 15) is 8.42 Å². The number of aryl methyl sites for hydroxylation is 1. The van der Waals surface area contributed by atoms with Gasteiger partial charge in [0.25, 0.3) is 0 Å². The minimum absolute atomic E-state index is 0.176. The van der Waals surface area contributed by atoms with Crippen molar-refractivity contribution in [3.63, 3.8) is 0 Å². The number of benzene rings is 1. The normalized spacial score (nSPS) is 15.9. The first-order valence-corrected chi connectivity index (χ1v) is 9.73. The molecule has 0 spiro atoms. The number of hydrogen-bond acceptors (Lipinski definition) is 8. The topological polar surface area (TPSA) is 98.0 Å². The van der Waals surface area contributed by atoms with Crippen LogP contribution >= 0.6 is 0 Å². The highest BCUT2D eigenvalue weighted by molar-refractivity contribution is 7.89. The number of piperazine rings is 1. The number of hydrogen-bond donors (Lipinski definition) is 0. The van der Waals surface area contributed by atoms with Crippen LogP contribution in [0.4, 0.5) is 6.01 Å². The van der Waals surface area contributed by atoms with Gasteiger partial charge in [-0.2, -0.15) is 4.31 Å². The summed E-state index contributed by atoms with van der Waals surface area (Å²) in [5.74, 6) is 1.44. The lowest BCUT2D eigenvalue weighted by Gasteiger charge is -2.32. The first-order valence-electron chi connectivity index (χ1n) is 8.29. The van der Waals surface area contributed by atoms with Gasteiger partial charge in [-0.15, -0.1) is 5.10 Å². The molecule has 2 aromatic rings. The zero-order valence-electron chi connectivity index (χ0n) is 15.0. The Bertz CT molecular complexity index is 859. The van der Waals surface area contributed by atoms with Gasteiger partial charge >= 0.3 is 6.01 Å². The number of nitrogens with zero attached hydrogens (tertiary/aromatic N) is 4. The lowest BCUT2D eigenvalue weighted by Crippen LogP contribution is -2.48. The van der Waals surface area contributed by atoms with Crippen molar-refractivity contribution in [3.8, 4) is 11.5 Å². The molecule has 0 atom stereocenters. The third-order valence-electron chi connectivity index (χ3n) is 4.26. The van der Waals surface area contributed by atoms with E-state index < -0.39 is 10.0 Å². The highest BCUT2D eigenvalue weighted by Crippen LogP contribution is 2.31. The molecule has 1 fully saturated rings. The van der Waals surface area contributed by atoms with Crippen molar-refractivity contribution < 1.29 is 22.3 Å². The Labute approximate surface area is 152 Å². The highest BCUT2D eigenvalue weighted by atomic mass is 32.2. The Morgan fingerprint density at radius 1 is 1.08 bits per heavy atom. The van der Waals surface area contributed by atoms with Gasteiger partial charge in [0.2, 0.25) is 15.9 Å². The molecule has 26 heavy (non-hydrogen) atoms. The molecule has 0 saturated carbocycles. The quantitative estimate of drug-likeness (QED) is 0.734. The summed E-state index contributed by atoms with van der Waals surface area (Å²) in [5, 5.41) is 7.95. The van der Waals surface area contributed by atoms with E-state index in [0.29, 0.717) is 56.0 Å². The third kappa shape index (κ3) is 3.47. The summed E-state index contributed by atoms with van der Waals surface area (Å²) in [6.45, 7) is 3.57. The van der Waals surface area contributed by atoms with Crippen LogP contribution in [-0.4, -0.2) is 63.3 Å². The highest BCUT2D eigenvalue weighted by Gasteiger charge is 2.30. The molecule has 1 aliphatic heterocycles. The predicted molar refractivity (Wildman–Crippen MR) is 94.2 cm³/mol. The second-order valence-electron chi connectivity index (χ2n) is 5.74. The van der Waals surface area contributed by atoms with Gasteiger partial charge in [-0.25, -0.2) is 8.42 Å². The van der Waals surface area contributed by atoms with Gasteiger partial charge in [-0.05, 0) is 12.1 Å². The number of aromatic nitrogens is 2. The number of anilines is 1. The minimum Gasteiger partial charge on any atom is -0.493 e. The Balaban J connectivity index is 1.73. The molecule has 1 aromatic heterocycles. The van der Waals surface area contributed by atoms with Crippen LogP contribution in [0.2, 0.25) is 0 Å². The summed E-state index contributed by atoms with van der Waals surface area (Å²) >= 11 is 0. The summed E-state index contributed by atoms with van der Waals surface area (Å²) < 4.78 is 43.2. The Hall–Kier alpha value is -2.33. The monoisotopic (exact) mass is 382 g/mol. The van der Waals surface area contributed by atoms with Crippen molar-refractivity contribution in [1.29, 1.82) is 0 Å². The maximum atomic E-state index is 12.9. The van der Waals surface area contributed by atoms with Crippen LogP contribution in [-0.2, 0) is 16.4 Å². The number of sulfonamides is 1. The third-order valence-corrected chi connectivity index (χ3v) is 6.16. The molecular weight excluding hydrogens is 360 g/mol. The molecule has 3 rings (SSSR count). The molecule has 0 amide bonds. The van der Waals surface area contributed by atoms with Gasteiger partial charge in [0, 0.05) is 38.7 Å². The molecule has 0 N–H and O–H groups in total. The molecule has 1 saturated heterocycles. The van der Waals surface area contributed by atoms with Crippen molar-refractivity contribution in [2.75, 3.05) is 45.3 Å². The summed E-state index contributed by atoms with van der Waals surface area (Å²) in [6.07, 6.45) is 0.667. The summed E-state index contributed by atoms with van der Waals surface area (Å²) in [7, 11) is -0.639. The van der Waals surface area contributed by atoms with E-state index in [1.165, 1.54) is 30.7 Å². The van der Waals surface area contributed by atoms with Gasteiger partial charge in [0.15, 0.2) is 11.5 Å². The first kappa shape index (κ1) is 18.5. The van der Waals surface area contributed by atoms with Gasteiger partial charge in [0.1, 0.15) is 0 Å². The molecule has 0 radical (unpaired) electrons. The molecule has 9 nitrogen and oxygen atoms in total. The van der Waals surface area contributed by atoms with Gasteiger partial charge < -0.3 is 18.8 Å². The Morgan fingerprint density at radius 2 is 1.77 bits per heavy atom. The van der Waals surface area contributed by atoms with Crippen molar-refractivity contribution in [3.05, 3.63) is 24.1 Å². The van der Waals surface area contributed by atoms with E-state index in [0.717, 1.165) is 0 Å². The molecular formula is C16H22N4O5S. The summed E-state index contributed by atoms with van der Waals surface area (Å²) in [4.78, 5) is 2.07. The largest absolute Gasteiger partial charge is 0.493 e. The van der Waals surface area contributed by atoms with Crippen molar-refractivity contribution in [1.82, 2.24) is 14.5 Å². The van der Waals surface area contributed by atoms with E-state index >= 15 is 0 Å². The van der Waals surface area contributed by atoms with E-state index in [-0.39, 0.29) is 4.90 Å². The van der Waals surface area contributed by atoms with E-state index in [1.807, 2.05) is 11.8 Å². The molecule has 142 valence electrons. The van der Waals surface area contributed by atoms with Crippen LogP contribution in [0.1, 0.15) is 12.8 Å². The van der Waals surface area contributed by atoms with Gasteiger partial charge in [0.05, 0.1) is 19.1 Å².